The van der Waals surface area contributed by atoms with E-state index in [9.17, 15) is 33.0 Å². The van der Waals surface area contributed by atoms with E-state index in [1.54, 1.807) is 26.2 Å². The molecule has 7 nitrogen and oxygen atoms in total. The topological polar surface area (TPSA) is 109 Å². The molecule has 2 aliphatic heterocycles. The number of aliphatic hydroxyl groups is 2. The van der Waals surface area contributed by atoms with Crippen LogP contribution < -0.4 is 0 Å². The van der Waals surface area contributed by atoms with Crippen molar-refractivity contribution in [2.75, 3.05) is 0 Å². The van der Waals surface area contributed by atoms with Crippen molar-refractivity contribution < 1.29 is 42.4 Å². The highest BCUT2D eigenvalue weighted by molar-refractivity contribution is 7.09. The maximum Gasteiger partial charge on any atom is 0.432 e. The molecule has 0 amide bonds. The Morgan fingerprint density at radius 3 is 2.41 bits per heavy atom. The lowest BCUT2D eigenvalue weighted by atomic mass is 9.73. The first kappa shape index (κ1) is 31.7. The molecular formula is C28H40F3NO6S. The first-order valence-corrected chi connectivity index (χ1v) is 14.2. The number of hydrogen-bond donors (Lipinski definition) is 2. The van der Waals surface area contributed by atoms with E-state index in [2.05, 4.69) is 4.98 Å². The Kier molecular flexibility index (Phi) is 9.12. The van der Waals surface area contributed by atoms with Crippen molar-refractivity contribution in [1.82, 2.24) is 4.98 Å². The number of epoxide rings is 1. The number of carbonyl (C=O) groups excluding carboxylic acids is 2. The third kappa shape index (κ3) is 6.57. The van der Waals surface area contributed by atoms with Crippen LogP contribution in [0.25, 0.3) is 6.08 Å². The molecule has 2 fully saturated rings. The number of rotatable bonds is 2. The minimum atomic E-state index is -5.00. The van der Waals surface area contributed by atoms with Crippen LogP contribution in [-0.2, 0) is 19.1 Å². The second-order valence-corrected chi connectivity index (χ2v) is 13.1. The van der Waals surface area contributed by atoms with E-state index in [1.165, 1.54) is 38.2 Å². The number of aryl methyl sites for hydroxylation is 1. The molecule has 0 bridgehead atoms. The summed E-state index contributed by atoms with van der Waals surface area (Å²) in [5.41, 5.74) is -5.34. The monoisotopic (exact) mass is 575 g/mol. The zero-order valence-electron chi connectivity index (χ0n) is 23.6. The summed E-state index contributed by atoms with van der Waals surface area (Å²) in [5.74, 6) is -2.89. The number of hydrogen-bond acceptors (Lipinski definition) is 8. The quantitative estimate of drug-likeness (QED) is 0.359. The van der Waals surface area contributed by atoms with Crippen LogP contribution in [0, 0.1) is 24.2 Å². The molecular weight excluding hydrogens is 535 g/mol. The molecule has 11 heteroatoms. The van der Waals surface area contributed by atoms with Crippen LogP contribution >= 0.6 is 11.3 Å². The number of thiazole rings is 1. The second-order valence-electron chi connectivity index (χ2n) is 12.0. The van der Waals surface area contributed by atoms with Gasteiger partial charge in [0, 0.05) is 17.7 Å². The Morgan fingerprint density at radius 2 is 1.85 bits per heavy atom. The van der Waals surface area contributed by atoms with Gasteiger partial charge in [-0.15, -0.1) is 11.3 Å². The molecule has 0 radical (unpaired) electrons. The Labute approximate surface area is 231 Å². The first-order valence-electron chi connectivity index (χ1n) is 13.3. The van der Waals surface area contributed by atoms with Crippen LogP contribution in [0.5, 0.6) is 0 Å². The second kappa shape index (κ2) is 11.2. The van der Waals surface area contributed by atoms with E-state index in [0.717, 1.165) is 0 Å². The lowest BCUT2D eigenvalue weighted by Gasteiger charge is -2.38. The van der Waals surface area contributed by atoms with Crippen LogP contribution in [0.15, 0.2) is 11.0 Å². The summed E-state index contributed by atoms with van der Waals surface area (Å²) < 4.78 is 55.9. The summed E-state index contributed by atoms with van der Waals surface area (Å²) in [4.78, 5) is 30.6. The van der Waals surface area contributed by atoms with Crippen LogP contribution in [0.3, 0.4) is 0 Å². The van der Waals surface area contributed by atoms with Gasteiger partial charge in [-0.3, -0.25) is 9.59 Å². The Bertz CT molecular complexity index is 1100. The Morgan fingerprint density at radius 1 is 1.21 bits per heavy atom. The van der Waals surface area contributed by atoms with Crippen molar-refractivity contribution in [2.45, 2.75) is 116 Å². The fourth-order valence-corrected chi connectivity index (χ4v) is 6.06. The molecule has 0 aliphatic carbocycles. The predicted molar refractivity (Wildman–Crippen MR) is 141 cm³/mol. The molecule has 0 saturated carbocycles. The van der Waals surface area contributed by atoms with Gasteiger partial charge in [-0.1, -0.05) is 34.1 Å². The summed E-state index contributed by atoms with van der Waals surface area (Å²) in [7, 11) is 0. The number of carbonyl (C=O) groups is 2. The maximum atomic E-state index is 15.0. The highest BCUT2D eigenvalue weighted by Crippen LogP contribution is 2.52. The number of esters is 1. The number of halogens is 3. The van der Waals surface area contributed by atoms with Gasteiger partial charge in [0.2, 0.25) is 5.60 Å². The van der Waals surface area contributed by atoms with Gasteiger partial charge < -0.3 is 19.7 Å². The highest BCUT2D eigenvalue weighted by Gasteiger charge is 2.66. The van der Waals surface area contributed by atoms with Gasteiger partial charge in [0.1, 0.15) is 5.78 Å². The molecule has 2 aliphatic rings. The van der Waals surface area contributed by atoms with Crippen molar-refractivity contribution in [3.63, 3.8) is 0 Å². The Balaban J connectivity index is 2.05. The molecule has 0 spiro atoms. The van der Waals surface area contributed by atoms with E-state index in [4.69, 9.17) is 9.47 Å². The lowest BCUT2D eigenvalue weighted by Crippen LogP contribution is -2.52. The normalized spacial score (nSPS) is 37.2. The summed E-state index contributed by atoms with van der Waals surface area (Å²) in [6, 6.07) is 0. The molecule has 1 aromatic heterocycles. The van der Waals surface area contributed by atoms with Gasteiger partial charge in [-0.05, 0) is 51.2 Å². The summed E-state index contributed by atoms with van der Waals surface area (Å²) >= 11 is 1.28. The van der Waals surface area contributed by atoms with Crippen molar-refractivity contribution in [2.24, 2.45) is 17.3 Å². The fourth-order valence-electron chi connectivity index (χ4n) is 5.49. The standard InChI is InChI=1S/C28H40F3NO6S/c1-15-9-8-10-26(7)21(37-26)13-27(28(29,30)31,16(2)11-19-14-39-18(4)32-19)38-22(34)12-20(33)25(5,6)24(36)17(3)23(15)35/h11,14-15,17,20-21,23,33,35H,8-10,12-13H2,1-7H3. The molecule has 2 saturated heterocycles. The van der Waals surface area contributed by atoms with E-state index in [0.29, 0.717) is 30.0 Å². The third-order valence-electron chi connectivity index (χ3n) is 8.56. The number of ketones is 1. The van der Waals surface area contributed by atoms with Gasteiger partial charge in [-0.25, -0.2) is 4.98 Å². The minimum Gasteiger partial charge on any atom is -0.445 e. The van der Waals surface area contributed by atoms with E-state index >= 15 is 0 Å². The number of aliphatic hydroxyl groups excluding tert-OH is 2. The molecule has 3 heterocycles. The average molecular weight is 576 g/mol. The zero-order valence-corrected chi connectivity index (χ0v) is 24.4. The molecule has 39 heavy (non-hydrogen) atoms. The smallest absolute Gasteiger partial charge is 0.432 e. The largest absolute Gasteiger partial charge is 0.445 e. The summed E-state index contributed by atoms with van der Waals surface area (Å²) in [6.07, 6.45) is -7.13. The minimum absolute atomic E-state index is 0.261. The fraction of sp³-hybridized carbons (Fsp3) is 0.750. The molecule has 2 N–H and O–H groups in total. The summed E-state index contributed by atoms with van der Waals surface area (Å²) in [5, 5.41) is 24.0. The molecule has 7 unspecified atom stereocenters. The maximum absolute atomic E-state index is 15.0. The van der Waals surface area contributed by atoms with Gasteiger partial charge in [0.25, 0.3) is 0 Å². The number of alkyl halides is 3. The molecule has 7 atom stereocenters. The van der Waals surface area contributed by atoms with E-state index in [1.807, 2.05) is 6.92 Å². The van der Waals surface area contributed by atoms with Crippen molar-refractivity contribution in [3.8, 4) is 0 Å². The van der Waals surface area contributed by atoms with Crippen LogP contribution in [-0.4, -0.2) is 62.6 Å². The van der Waals surface area contributed by atoms with E-state index < -0.39 is 71.6 Å². The highest BCUT2D eigenvalue weighted by atomic mass is 32.1. The molecule has 3 rings (SSSR count). The lowest BCUT2D eigenvalue weighted by molar-refractivity contribution is -0.259. The van der Waals surface area contributed by atoms with E-state index in [-0.39, 0.29) is 11.5 Å². The number of Topliss-reactive ketones (excluding diaryl/α,β-unsaturated/α-hetero) is 1. The van der Waals surface area contributed by atoms with Gasteiger partial charge >= 0.3 is 12.1 Å². The zero-order chi connectivity index (χ0) is 29.6. The van der Waals surface area contributed by atoms with Gasteiger partial charge in [0.05, 0.1) is 46.5 Å². The molecule has 220 valence electrons. The molecule has 1 aromatic rings. The number of ether oxygens (including phenoxy) is 2. The predicted octanol–water partition coefficient (Wildman–Crippen LogP) is 5.41. The van der Waals surface area contributed by atoms with Crippen LogP contribution in [0.4, 0.5) is 13.2 Å². The number of aromatic nitrogens is 1. The van der Waals surface area contributed by atoms with Crippen LogP contribution in [0.2, 0.25) is 0 Å². The summed E-state index contributed by atoms with van der Waals surface area (Å²) in [6.45, 7) is 10.9. The van der Waals surface area contributed by atoms with Crippen molar-refractivity contribution in [1.29, 1.82) is 0 Å². The third-order valence-corrected chi connectivity index (χ3v) is 9.35. The number of cyclic esters (lactones) is 1. The average Bonchev–Trinajstić information content (AvgIpc) is 3.26. The number of nitrogens with zero attached hydrogens (tertiary/aromatic N) is 1. The Hall–Kier alpha value is -1.82. The SMILES string of the molecule is CC(=Cc1csc(C)n1)C1(C(F)(F)F)CC2OC2(C)CCCC(C)C(O)C(C)C(=O)C(C)(C)C(O)CC(=O)O1. The first-order chi connectivity index (χ1) is 17.8. The number of fused-ring (bicyclic) bond motifs is 1. The van der Waals surface area contributed by atoms with Gasteiger partial charge in [-0.2, -0.15) is 13.2 Å². The van der Waals surface area contributed by atoms with Crippen molar-refractivity contribution in [3.05, 3.63) is 21.7 Å². The van der Waals surface area contributed by atoms with Crippen LogP contribution in [0.1, 0.15) is 84.3 Å². The van der Waals surface area contributed by atoms with Gasteiger partial charge in [0.15, 0.2) is 0 Å². The molecule has 0 aromatic carbocycles. The van der Waals surface area contributed by atoms with Crippen molar-refractivity contribution >= 4 is 29.2 Å².